The Kier molecular flexibility index (Phi) is 2.91. The van der Waals surface area contributed by atoms with Crippen LogP contribution in [0.15, 0.2) is 30.5 Å². The predicted octanol–water partition coefficient (Wildman–Crippen LogP) is 2.99. The standard InChI is InChI=1S/C12H11F2N3/c1-7-4-10(14)11(6-9(7)13)17-8-2-3-16-12(15)5-8/h2-6H,1H3,(H3,15,16,17). The first-order valence-corrected chi connectivity index (χ1v) is 5.00. The van der Waals surface area contributed by atoms with Crippen LogP contribution in [0.25, 0.3) is 0 Å². The number of aryl methyl sites for hydroxylation is 1. The maximum absolute atomic E-state index is 13.5. The molecule has 17 heavy (non-hydrogen) atoms. The maximum atomic E-state index is 13.5. The predicted molar refractivity (Wildman–Crippen MR) is 63.0 cm³/mol. The van der Waals surface area contributed by atoms with E-state index in [1.54, 1.807) is 6.07 Å². The summed E-state index contributed by atoms with van der Waals surface area (Å²) in [7, 11) is 0. The van der Waals surface area contributed by atoms with Crippen molar-refractivity contribution in [2.45, 2.75) is 6.92 Å². The maximum Gasteiger partial charge on any atom is 0.147 e. The van der Waals surface area contributed by atoms with Crippen LogP contribution in [0.4, 0.5) is 26.0 Å². The number of benzene rings is 1. The molecule has 0 aliphatic carbocycles. The minimum Gasteiger partial charge on any atom is -0.384 e. The Balaban J connectivity index is 2.33. The summed E-state index contributed by atoms with van der Waals surface area (Å²) in [5.41, 5.74) is 6.37. The van der Waals surface area contributed by atoms with Crippen molar-refractivity contribution in [1.29, 1.82) is 0 Å². The number of rotatable bonds is 2. The molecule has 0 bridgehead atoms. The number of pyridine rings is 1. The molecule has 2 rings (SSSR count). The van der Waals surface area contributed by atoms with Crippen LogP contribution in [-0.4, -0.2) is 4.98 Å². The number of aromatic nitrogens is 1. The molecule has 3 N–H and O–H groups in total. The Morgan fingerprint density at radius 1 is 1.18 bits per heavy atom. The lowest BCUT2D eigenvalue weighted by molar-refractivity contribution is 0.595. The number of nitrogens with zero attached hydrogens (tertiary/aromatic N) is 1. The van der Waals surface area contributed by atoms with E-state index in [1.165, 1.54) is 19.2 Å². The van der Waals surface area contributed by atoms with Gasteiger partial charge in [-0.1, -0.05) is 0 Å². The van der Waals surface area contributed by atoms with Gasteiger partial charge < -0.3 is 11.1 Å². The van der Waals surface area contributed by atoms with Gasteiger partial charge in [-0.3, -0.25) is 0 Å². The second-order valence-electron chi connectivity index (χ2n) is 3.68. The Morgan fingerprint density at radius 2 is 1.94 bits per heavy atom. The van der Waals surface area contributed by atoms with E-state index >= 15 is 0 Å². The summed E-state index contributed by atoms with van der Waals surface area (Å²) in [6.45, 7) is 1.51. The highest BCUT2D eigenvalue weighted by Crippen LogP contribution is 2.23. The third kappa shape index (κ3) is 2.50. The molecule has 0 saturated heterocycles. The van der Waals surface area contributed by atoms with Gasteiger partial charge >= 0.3 is 0 Å². The van der Waals surface area contributed by atoms with Crippen molar-refractivity contribution in [3.05, 3.63) is 47.7 Å². The van der Waals surface area contributed by atoms with Gasteiger partial charge in [0.2, 0.25) is 0 Å². The third-order valence-electron chi connectivity index (χ3n) is 2.31. The van der Waals surface area contributed by atoms with Crippen LogP contribution in [0.2, 0.25) is 0 Å². The van der Waals surface area contributed by atoms with Crippen molar-refractivity contribution >= 4 is 17.2 Å². The fourth-order valence-electron chi connectivity index (χ4n) is 1.42. The Bertz CT molecular complexity index is 555. The van der Waals surface area contributed by atoms with Crippen LogP contribution in [0.1, 0.15) is 5.56 Å². The first kappa shape index (κ1) is 11.3. The molecule has 0 atom stereocenters. The molecule has 0 aliphatic rings. The Hall–Kier alpha value is -2.17. The Morgan fingerprint density at radius 3 is 2.65 bits per heavy atom. The van der Waals surface area contributed by atoms with Gasteiger partial charge in [0, 0.05) is 24.0 Å². The molecule has 1 aromatic carbocycles. The van der Waals surface area contributed by atoms with Crippen LogP contribution in [0, 0.1) is 18.6 Å². The van der Waals surface area contributed by atoms with Crippen molar-refractivity contribution in [2.75, 3.05) is 11.1 Å². The molecule has 2 aromatic rings. The average Bonchev–Trinajstić information content (AvgIpc) is 2.26. The van der Waals surface area contributed by atoms with Gasteiger partial charge in [0.05, 0.1) is 5.69 Å². The number of nitrogens with one attached hydrogen (secondary N) is 1. The van der Waals surface area contributed by atoms with Gasteiger partial charge in [-0.2, -0.15) is 0 Å². The molecule has 0 amide bonds. The second-order valence-corrected chi connectivity index (χ2v) is 3.68. The van der Waals surface area contributed by atoms with E-state index in [0.717, 1.165) is 12.1 Å². The van der Waals surface area contributed by atoms with Crippen molar-refractivity contribution in [2.24, 2.45) is 0 Å². The molecule has 0 fully saturated rings. The zero-order chi connectivity index (χ0) is 12.4. The van der Waals surface area contributed by atoms with Gasteiger partial charge in [-0.25, -0.2) is 13.8 Å². The SMILES string of the molecule is Cc1cc(F)c(Nc2ccnc(N)c2)cc1F. The molecule has 88 valence electrons. The molecule has 0 aliphatic heterocycles. The highest BCUT2D eigenvalue weighted by Gasteiger charge is 2.07. The fourth-order valence-corrected chi connectivity index (χ4v) is 1.42. The number of hydrogen-bond acceptors (Lipinski definition) is 3. The molecule has 5 heteroatoms. The largest absolute Gasteiger partial charge is 0.384 e. The van der Waals surface area contributed by atoms with Gasteiger partial charge in [0.1, 0.15) is 17.5 Å². The first-order chi connectivity index (χ1) is 8.06. The lowest BCUT2D eigenvalue weighted by atomic mass is 10.2. The lowest BCUT2D eigenvalue weighted by Crippen LogP contribution is -1.98. The monoisotopic (exact) mass is 235 g/mol. The van der Waals surface area contributed by atoms with Crippen molar-refractivity contribution in [3.8, 4) is 0 Å². The second kappa shape index (κ2) is 4.37. The van der Waals surface area contributed by atoms with Crippen LogP contribution in [0.3, 0.4) is 0 Å². The molecular formula is C12H11F2N3. The minimum absolute atomic E-state index is 0.0682. The summed E-state index contributed by atoms with van der Waals surface area (Å²) in [5.74, 6) is -0.668. The fraction of sp³-hybridized carbons (Fsp3) is 0.0833. The van der Waals surface area contributed by atoms with Crippen molar-refractivity contribution in [3.63, 3.8) is 0 Å². The molecule has 0 spiro atoms. The van der Waals surface area contributed by atoms with Gasteiger partial charge in [0.15, 0.2) is 0 Å². The van der Waals surface area contributed by atoms with E-state index in [4.69, 9.17) is 5.73 Å². The normalized spacial score (nSPS) is 10.3. The summed E-state index contributed by atoms with van der Waals surface area (Å²) in [4.78, 5) is 3.81. The number of hydrogen-bond donors (Lipinski definition) is 2. The minimum atomic E-state index is -0.515. The summed E-state index contributed by atoms with van der Waals surface area (Å²) in [6.07, 6.45) is 1.49. The van der Waals surface area contributed by atoms with E-state index in [-0.39, 0.29) is 11.3 Å². The Labute approximate surface area is 97.3 Å². The zero-order valence-electron chi connectivity index (χ0n) is 9.17. The van der Waals surface area contributed by atoms with Crippen LogP contribution in [0.5, 0.6) is 0 Å². The number of halogens is 2. The quantitative estimate of drug-likeness (QED) is 0.841. The highest BCUT2D eigenvalue weighted by molar-refractivity contribution is 5.62. The first-order valence-electron chi connectivity index (χ1n) is 5.00. The topological polar surface area (TPSA) is 50.9 Å². The number of nitrogens with two attached hydrogens (primary N) is 1. The van der Waals surface area contributed by atoms with Gasteiger partial charge in [-0.05, 0) is 24.6 Å². The third-order valence-corrected chi connectivity index (χ3v) is 2.31. The summed E-state index contributed by atoms with van der Waals surface area (Å²) in [6, 6.07) is 5.41. The van der Waals surface area contributed by atoms with E-state index in [0.29, 0.717) is 11.5 Å². The van der Waals surface area contributed by atoms with E-state index < -0.39 is 11.6 Å². The average molecular weight is 235 g/mol. The molecule has 0 radical (unpaired) electrons. The van der Waals surface area contributed by atoms with Crippen LogP contribution < -0.4 is 11.1 Å². The van der Waals surface area contributed by atoms with E-state index in [1.807, 2.05) is 0 Å². The zero-order valence-corrected chi connectivity index (χ0v) is 9.17. The number of anilines is 3. The summed E-state index contributed by atoms with van der Waals surface area (Å²) >= 11 is 0. The smallest absolute Gasteiger partial charge is 0.147 e. The van der Waals surface area contributed by atoms with Gasteiger partial charge in [0.25, 0.3) is 0 Å². The van der Waals surface area contributed by atoms with Crippen LogP contribution in [-0.2, 0) is 0 Å². The van der Waals surface area contributed by atoms with E-state index in [2.05, 4.69) is 10.3 Å². The highest BCUT2D eigenvalue weighted by atomic mass is 19.1. The lowest BCUT2D eigenvalue weighted by Gasteiger charge is -2.09. The van der Waals surface area contributed by atoms with Crippen LogP contribution >= 0.6 is 0 Å². The molecule has 0 saturated carbocycles. The number of nitrogen functional groups attached to an aromatic ring is 1. The van der Waals surface area contributed by atoms with Gasteiger partial charge in [-0.15, -0.1) is 0 Å². The molecule has 1 aromatic heterocycles. The summed E-state index contributed by atoms with van der Waals surface area (Å²) < 4.78 is 26.8. The van der Waals surface area contributed by atoms with E-state index in [9.17, 15) is 8.78 Å². The molecular weight excluding hydrogens is 224 g/mol. The van der Waals surface area contributed by atoms with Crippen molar-refractivity contribution in [1.82, 2.24) is 4.98 Å². The molecule has 3 nitrogen and oxygen atoms in total. The van der Waals surface area contributed by atoms with Crippen molar-refractivity contribution < 1.29 is 8.78 Å². The summed E-state index contributed by atoms with van der Waals surface area (Å²) in [5, 5.41) is 2.75. The molecule has 1 heterocycles. The molecule has 0 unspecified atom stereocenters.